The van der Waals surface area contributed by atoms with Crippen LogP contribution in [-0.2, 0) is 11.2 Å². The molecule has 0 bridgehead atoms. The number of aliphatic hydroxyl groups is 1. The second-order valence-electron chi connectivity index (χ2n) is 6.69. The van der Waals surface area contributed by atoms with Crippen molar-refractivity contribution >= 4 is 16.9 Å². The molecule has 3 rings (SSSR count). The molecule has 1 aromatic carbocycles. The van der Waals surface area contributed by atoms with E-state index in [0.29, 0.717) is 32.1 Å². The standard InChI is InChI=1S/C19H23NO4/c1-24-15-2-3-17-16(12-15)13(7-11-20-17)4-8-19(23)9-5-14(6-10-19)18(21)22/h2-3,7,11-12,14,23H,4-6,8-10H2,1H3,(H,21,22)/t14-,19-. The first-order chi connectivity index (χ1) is 11.5. The predicted molar refractivity (Wildman–Crippen MR) is 91.2 cm³/mol. The summed E-state index contributed by atoms with van der Waals surface area (Å²) in [5.74, 6) is -0.266. The van der Waals surface area contributed by atoms with Crippen LogP contribution in [0.4, 0.5) is 0 Å². The zero-order valence-corrected chi connectivity index (χ0v) is 13.9. The first kappa shape index (κ1) is 16.7. The predicted octanol–water partition coefficient (Wildman–Crippen LogP) is 3.18. The van der Waals surface area contributed by atoms with E-state index in [1.54, 1.807) is 13.3 Å². The molecule has 0 radical (unpaired) electrons. The van der Waals surface area contributed by atoms with E-state index in [-0.39, 0.29) is 5.92 Å². The minimum atomic E-state index is -0.763. The van der Waals surface area contributed by atoms with Gasteiger partial charge in [0.25, 0.3) is 0 Å². The van der Waals surface area contributed by atoms with Gasteiger partial charge in [0.1, 0.15) is 5.75 Å². The number of aromatic nitrogens is 1. The Bertz CT molecular complexity index is 735. The third-order valence-corrected chi connectivity index (χ3v) is 5.16. The van der Waals surface area contributed by atoms with E-state index in [2.05, 4.69) is 4.98 Å². The lowest BCUT2D eigenvalue weighted by Gasteiger charge is -2.34. The maximum atomic E-state index is 11.1. The third kappa shape index (κ3) is 3.51. The quantitative estimate of drug-likeness (QED) is 0.880. The number of aryl methyl sites for hydroxylation is 1. The van der Waals surface area contributed by atoms with Crippen LogP contribution >= 0.6 is 0 Å². The average Bonchev–Trinajstić information content (AvgIpc) is 2.60. The smallest absolute Gasteiger partial charge is 0.306 e. The van der Waals surface area contributed by atoms with Crippen molar-refractivity contribution in [2.75, 3.05) is 7.11 Å². The lowest BCUT2D eigenvalue weighted by Crippen LogP contribution is -2.36. The maximum Gasteiger partial charge on any atom is 0.306 e. The van der Waals surface area contributed by atoms with Gasteiger partial charge in [0.2, 0.25) is 0 Å². The van der Waals surface area contributed by atoms with Crippen molar-refractivity contribution in [1.82, 2.24) is 4.98 Å². The average molecular weight is 329 g/mol. The zero-order valence-electron chi connectivity index (χ0n) is 13.9. The number of pyridine rings is 1. The van der Waals surface area contributed by atoms with E-state index in [1.807, 2.05) is 24.3 Å². The summed E-state index contributed by atoms with van der Waals surface area (Å²) in [6, 6.07) is 7.78. The number of aliphatic carboxylic acids is 1. The molecule has 0 spiro atoms. The highest BCUT2D eigenvalue weighted by atomic mass is 16.5. The minimum Gasteiger partial charge on any atom is -0.497 e. The summed E-state index contributed by atoms with van der Waals surface area (Å²) < 4.78 is 5.29. The van der Waals surface area contributed by atoms with Gasteiger partial charge in [-0.1, -0.05) is 0 Å². The fourth-order valence-electron chi connectivity index (χ4n) is 3.55. The molecular weight excluding hydrogens is 306 g/mol. The Labute approximate surface area is 141 Å². The van der Waals surface area contributed by atoms with E-state index >= 15 is 0 Å². The molecule has 5 heteroatoms. The van der Waals surface area contributed by atoms with E-state index in [4.69, 9.17) is 9.84 Å². The zero-order chi connectivity index (χ0) is 17.2. The number of carboxylic acid groups (broad SMARTS) is 1. The molecule has 1 fully saturated rings. The van der Waals surface area contributed by atoms with Gasteiger partial charge in [-0.25, -0.2) is 0 Å². The van der Waals surface area contributed by atoms with Crippen LogP contribution in [0.1, 0.15) is 37.7 Å². The van der Waals surface area contributed by atoms with Crippen molar-refractivity contribution in [3.05, 3.63) is 36.0 Å². The second-order valence-corrected chi connectivity index (χ2v) is 6.69. The lowest BCUT2D eigenvalue weighted by molar-refractivity contribution is -0.144. The van der Waals surface area contributed by atoms with Crippen molar-refractivity contribution in [2.45, 2.75) is 44.1 Å². The van der Waals surface area contributed by atoms with Crippen LogP contribution in [0.25, 0.3) is 10.9 Å². The summed E-state index contributed by atoms with van der Waals surface area (Å²) in [7, 11) is 1.64. The second kappa shape index (κ2) is 6.77. The van der Waals surface area contributed by atoms with Crippen molar-refractivity contribution in [3.8, 4) is 5.75 Å². The summed E-state index contributed by atoms with van der Waals surface area (Å²) in [6.07, 6.45) is 5.37. The normalized spacial score (nSPS) is 24.0. The number of fused-ring (bicyclic) bond motifs is 1. The van der Waals surface area contributed by atoms with Gasteiger partial charge in [-0.3, -0.25) is 9.78 Å². The summed E-state index contributed by atoms with van der Waals surface area (Å²) in [6.45, 7) is 0. The Balaban J connectivity index is 1.73. The molecule has 0 amide bonds. The molecule has 128 valence electrons. The number of hydrogen-bond donors (Lipinski definition) is 2. The van der Waals surface area contributed by atoms with Gasteiger partial charge in [0.15, 0.2) is 0 Å². The highest BCUT2D eigenvalue weighted by Crippen LogP contribution is 2.36. The van der Waals surface area contributed by atoms with Crippen LogP contribution < -0.4 is 4.74 Å². The van der Waals surface area contributed by atoms with Crippen molar-refractivity contribution in [2.24, 2.45) is 5.92 Å². The third-order valence-electron chi connectivity index (χ3n) is 5.16. The van der Waals surface area contributed by atoms with E-state index in [0.717, 1.165) is 28.6 Å². The number of nitrogens with zero attached hydrogens (tertiary/aromatic N) is 1. The molecular formula is C19H23NO4. The molecule has 2 N–H and O–H groups in total. The van der Waals surface area contributed by atoms with Crippen LogP contribution in [0.3, 0.4) is 0 Å². The molecule has 2 aromatic rings. The van der Waals surface area contributed by atoms with Gasteiger partial charge >= 0.3 is 5.97 Å². The number of carboxylic acids is 1. The van der Waals surface area contributed by atoms with Crippen LogP contribution in [0, 0.1) is 5.92 Å². The Morgan fingerprint density at radius 1 is 1.33 bits per heavy atom. The largest absolute Gasteiger partial charge is 0.497 e. The summed E-state index contributed by atoms with van der Waals surface area (Å²) in [4.78, 5) is 15.4. The molecule has 0 unspecified atom stereocenters. The monoisotopic (exact) mass is 329 g/mol. The van der Waals surface area contributed by atoms with E-state index in [1.165, 1.54) is 0 Å². The summed E-state index contributed by atoms with van der Waals surface area (Å²) in [5.41, 5.74) is 1.28. The minimum absolute atomic E-state index is 0.309. The number of rotatable bonds is 5. The maximum absolute atomic E-state index is 11.1. The molecule has 0 atom stereocenters. The SMILES string of the molecule is COc1ccc2nccc(CC[C@]3(O)CC[C@H](C(=O)O)CC3)c2c1. The number of carbonyl (C=O) groups is 1. The molecule has 24 heavy (non-hydrogen) atoms. The van der Waals surface area contributed by atoms with Gasteiger partial charge in [-0.15, -0.1) is 0 Å². The number of ether oxygens (including phenoxy) is 1. The fourth-order valence-corrected chi connectivity index (χ4v) is 3.55. The van der Waals surface area contributed by atoms with Gasteiger partial charge in [-0.05, 0) is 68.4 Å². The first-order valence-corrected chi connectivity index (χ1v) is 8.37. The molecule has 1 aliphatic rings. The van der Waals surface area contributed by atoms with Crippen molar-refractivity contribution < 1.29 is 19.7 Å². The molecule has 1 saturated carbocycles. The van der Waals surface area contributed by atoms with Gasteiger partial charge in [0.05, 0.1) is 24.1 Å². The van der Waals surface area contributed by atoms with Gasteiger partial charge < -0.3 is 14.9 Å². The van der Waals surface area contributed by atoms with Gasteiger partial charge in [-0.2, -0.15) is 0 Å². The molecule has 5 nitrogen and oxygen atoms in total. The van der Waals surface area contributed by atoms with Gasteiger partial charge in [0, 0.05) is 11.6 Å². The number of benzene rings is 1. The van der Waals surface area contributed by atoms with Crippen LogP contribution in [0.5, 0.6) is 5.75 Å². The van der Waals surface area contributed by atoms with Crippen LogP contribution in [0.2, 0.25) is 0 Å². The highest BCUT2D eigenvalue weighted by molar-refractivity contribution is 5.83. The van der Waals surface area contributed by atoms with Crippen LogP contribution in [-0.4, -0.2) is 33.9 Å². The number of methoxy groups -OCH3 is 1. The Morgan fingerprint density at radius 3 is 2.75 bits per heavy atom. The molecule has 1 aromatic heterocycles. The first-order valence-electron chi connectivity index (χ1n) is 8.37. The molecule has 0 saturated heterocycles. The lowest BCUT2D eigenvalue weighted by atomic mass is 9.76. The van der Waals surface area contributed by atoms with E-state index < -0.39 is 11.6 Å². The number of hydrogen-bond acceptors (Lipinski definition) is 4. The Hall–Kier alpha value is -2.14. The Kier molecular flexibility index (Phi) is 4.71. The Morgan fingerprint density at radius 2 is 2.08 bits per heavy atom. The van der Waals surface area contributed by atoms with Crippen LogP contribution in [0.15, 0.2) is 30.5 Å². The van der Waals surface area contributed by atoms with Crippen molar-refractivity contribution in [1.29, 1.82) is 0 Å². The molecule has 1 heterocycles. The fraction of sp³-hybridized carbons (Fsp3) is 0.474. The molecule has 1 aliphatic carbocycles. The summed E-state index contributed by atoms with van der Waals surface area (Å²) >= 11 is 0. The molecule has 0 aliphatic heterocycles. The summed E-state index contributed by atoms with van der Waals surface area (Å²) in [5, 5.41) is 20.9. The van der Waals surface area contributed by atoms with E-state index in [9.17, 15) is 9.90 Å². The van der Waals surface area contributed by atoms with Crippen molar-refractivity contribution in [3.63, 3.8) is 0 Å². The highest BCUT2D eigenvalue weighted by Gasteiger charge is 2.35. The topological polar surface area (TPSA) is 79.7 Å².